The van der Waals surface area contributed by atoms with E-state index >= 15 is 0 Å². The second kappa shape index (κ2) is 4.31. The zero-order valence-electron chi connectivity index (χ0n) is 8.57. The molecule has 0 aromatic heterocycles. The molecule has 1 aliphatic rings. The van der Waals surface area contributed by atoms with Gasteiger partial charge in [-0.3, -0.25) is 4.79 Å². The molecule has 0 aliphatic carbocycles. The van der Waals surface area contributed by atoms with Crippen LogP contribution >= 0.6 is 11.6 Å². The van der Waals surface area contributed by atoms with E-state index in [0.29, 0.717) is 11.6 Å². The van der Waals surface area contributed by atoms with Gasteiger partial charge in [-0.05, 0) is 12.1 Å². The van der Waals surface area contributed by atoms with E-state index in [2.05, 4.69) is 5.32 Å². The Morgan fingerprint density at radius 3 is 2.69 bits per heavy atom. The Morgan fingerprint density at radius 1 is 1.50 bits per heavy atom. The standard InChI is InChI=1S/C11H12ClNO3/c12-8-3-1-2-4-9(8)13-5-11(10(14)15)6-16-7-11/h1-4,13H,5-7H2,(H,14,15). The minimum absolute atomic E-state index is 0.250. The summed E-state index contributed by atoms with van der Waals surface area (Å²) in [7, 11) is 0. The molecule has 2 N–H and O–H groups in total. The lowest BCUT2D eigenvalue weighted by Crippen LogP contribution is -2.53. The number of ether oxygens (including phenoxy) is 1. The van der Waals surface area contributed by atoms with Gasteiger partial charge in [0.2, 0.25) is 0 Å². The number of hydrogen-bond donors (Lipinski definition) is 2. The number of nitrogens with one attached hydrogen (secondary N) is 1. The maximum Gasteiger partial charge on any atom is 0.316 e. The van der Waals surface area contributed by atoms with Crippen LogP contribution in [0, 0.1) is 5.41 Å². The second-order valence-electron chi connectivity index (χ2n) is 3.91. The number of carbonyl (C=O) groups is 1. The third-order valence-electron chi connectivity index (χ3n) is 2.70. The van der Waals surface area contributed by atoms with Crippen LogP contribution in [-0.4, -0.2) is 30.8 Å². The van der Waals surface area contributed by atoms with Crippen LogP contribution in [0.4, 0.5) is 5.69 Å². The number of anilines is 1. The van der Waals surface area contributed by atoms with Gasteiger partial charge >= 0.3 is 5.97 Å². The molecule has 0 unspecified atom stereocenters. The maximum absolute atomic E-state index is 11.1. The van der Waals surface area contributed by atoms with Gasteiger partial charge < -0.3 is 15.2 Å². The molecular weight excluding hydrogens is 230 g/mol. The van der Waals surface area contributed by atoms with Gasteiger partial charge in [0.05, 0.1) is 23.9 Å². The first-order chi connectivity index (χ1) is 7.64. The molecule has 1 aromatic rings. The summed E-state index contributed by atoms with van der Waals surface area (Å²) in [5.74, 6) is -0.835. The fourth-order valence-corrected chi connectivity index (χ4v) is 1.72. The van der Waals surface area contributed by atoms with Crippen LogP contribution in [-0.2, 0) is 9.53 Å². The van der Waals surface area contributed by atoms with Gasteiger partial charge in [0.15, 0.2) is 0 Å². The van der Waals surface area contributed by atoms with Crippen LogP contribution in [0.5, 0.6) is 0 Å². The lowest BCUT2D eigenvalue weighted by molar-refractivity contribution is -0.176. The van der Waals surface area contributed by atoms with Crippen LogP contribution in [0.1, 0.15) is 0 Å². The molecule has 16 heavy (non-hydrogen) atoms. The lowest BCUT2D eigenvalue weighted by Gasteiger charge is -2.37. The smallest absolute Gasteiger partial charge is 0.316 e. The van der Waals surface area contributed by atoms with Crippen LogP contribution in [0.25, 0.3) is 0 Å². The highest BCUT2D eigenvalue weighted by Crippen LogP contribution is 2.29. The minimum atomic E-state index is -0.835. The van der Waals surface area contributed by atoms with E-state index in [4.69, 9.17) is 21.4 Å². The van der Waals surface area contributed by atoms with Crippen molar-refractivity contribution in [2.24, 2.45) is 5.41 Å². The molecule has 1 saturated heterocycles. The molecule has 0 spiro atoms. The molecule has 1 aromatic carbocycles. The third-order valence-corrected chi connectivity index (χ3v) is 3.03. The SMILES string of the molecule is O=C(O)C1(CNc2ccccc2Cl)COC1. The number of para-hydroxylation sites is 1. The summed E-state index contributed by atoms with van der Waals surface area (Å²) in [6.07, 6.45) is 0. The number of hydrogen-bond acceptors (Lipinski definition) is 3. The van der Waals surface area contributed by atoms with Crippen molar-refractivity contribution in [1.82, 2.24) is 0 Å². The van der Waals surface area contributed by atoms with Gasteiger partial charge in [0.1, 0.15) is 5.41 Å². The molecule has 0 atom stereocenters. The number of benzene rings is 1. The summed E-state index contributed by atoms with van der Waals surface area (Å²) >= 11 is 5.95. The predicted molar refractivity (Wildman–Crippen MR) is 60.8 cm³/mol. The summed E-state index contributed by atoms with van der Waals surface area (Å²) in [6.45, 7) is 0.825. The number of carboxylic acids is 1. The van der Waals surface area contributed by atoms with Gasteiger partial charge in [0, 0.05) is 6.54 Å². The summed E-state index contributed by atoms with van der Waals surface area (Å²) < 4.78 is 4.96. The third kappa shape index (κ3) is 1.99. The molecule has 1 aliphatic heterocycles. The van der Waals surface area contributed by atoms with Gasteiger partial charge in [0.25, 0.3) is 0 Å². The van der Waals surface area contributed by atoms with Crippen molar-refractivity contribution < 1.29 is 14.6 Å². The monoisotopic (exact) mass is 241 g/mol. The van der Waals surface area contributed by atoms with Crippen molar-refractivity contribution >= 4 is 23.3 Å². The van der Waals surface area contributed by atoms with Crippen molar-refractivity contribution in [3.05, 3.63) is 29.3 Å². The van der Waals surface area contributed by atoms with Crippen LogP contribution in [0.2, 0.25) is 5.02 Å². The topological polar surface area (TPSA) is 58.6 Å². The number of carboxylic acid groups (broad SMARTS) is 1. The first-order valence-electron chi connectivity index (χ1n) is 4.94. The Bertz CT molecular complexity index is 404. The van der Waals surface area contributed by atoms with E-state index in [1.54, 1.807) is 6.07 Å². The number of rotatable bonds is 4. The van der Waals surface area contributed by atoms with Crippen molar-refractivity contribution in [3.8, 4) is 0 Å². The largest absolute Gasteiger partial charge is 0.481 e. The van der Waals surface area contributed by atoms with Gasteiger partial charge in [-0.2, -0.15) is 0 Å². The Morgan fingerprint density at radius 2 is 2.19 bits per heavy atom. The zero-order chi connectivity index (χ0) is 11.6. The van der Waals surface area contributed by atoms with Gasteiger partial charge in [-0.15, -0.1) is 0 Å². The average molecular weight is 242 g/mol. The molecule has 2 rings (SSSR count). The fraction of sp³-hybridized carbons (Fsp3) is 0.364. The molecular formula is C11H12ClNO3. The van der Waals surface area contributed by atoms with E-state index in [-0.39, 0.29) is 13.2 Å². The average Bonchev–Trinajstić information content (AvgIpc) is 2.18. The predicted octanol–water partition coefficient (Wildman–Crippen LogP) is 1.85. The molecule has 0 saturated carbocycles. The number of halogens is 1. The Hall–Kier alpha value is -1.26. The lowest BCUT2D eigenvalue weighted by atomic mass is 9.86. The van der Waals surface area contributed by atoms with E-state index in [1.165, 1.54) is 0 Å². The second-order valence-corrected chi connectivity index (χ2v) is 4.32. The minimum Gasteiger partial charge on any atom is -0.481 e. The van der Waals surface area contributed by atoms with Gasteiger partial charge in [-0.1, -0.05) is 23.7 Å². The zero-order valence-corrected chi connectivity index (χ0v) is 9.33. The molecule has 5 heteroatoms. The highest BCUT2D eigenvalue weighted by atomic mass is 35.5. The van der Waals surface area contributed by atoms with Crippen LogP contribution < -0.4 is 5.32 Å². The maximum atomic E-state index is 11.1. The van der Waals surface area contributed by atoms with Crippen molar-refractivity contribution in [1.29, 1.82) is 0 Å². The quantitative estimate of drug-likeness (QED) is 0.845. The fourth-order valence-electron chi connectivity index (χ4n) is 1.52. The van der Waals surface area contributed by atoms with Gasteiger partial charge in [-0.25, -0.2) is 0 Å². The van der Waals surface area contributed by atoms with Crippen molar-refractivity contribution in [2.75, 3.05) is 25.1 Å². The molecule has 1 fully saturated rings. The molecule has 1 heterocycles. The first-order valence-corrected chi connectivity index (χ1v) is 5.31. The van der Waals surface area contributed by atoms with E-state index in [9.17, 15) is 4.79 Å². The highest BCUT2D eigenvalue weighted by Gasteiger charge is 2.46. The van der Waals surface area contributed by atoms with Crippen molar-refractivity contribution in [3.63, 3.8) is 0 Å². The summed E-state index contributed by atoms with van der Waals surface area (Å²) in [5.41, 5.74) is -0.0594. The molecule has 0 radical (unpaired) electrons. The summed E-state index contributed by atoms with van der Waals surface area (Å²) in [4.78, 5) is 11.1. The normalized spacial score (nSPS) is 17.6. The molecule has 0 bridgehead atoms. The highest BCUT2D eigenvalue weighted by molar-refractivity contribution is 6.33. The Balaban J connectivity index is 2.02. The Kier molecular flexibility index (Phi) is 3.03. The molecule has 86 valence electrons. The van der Waals surface area contributed by atoms with Crippen LogP contribution in [0.15, 0.2) is 24.3 Å². The number of aliphatic carboxylic acids is 1. The van der Waals surface area contributed by atoms with E-state index in [1.807, 2.05) is 18.2 Å². The summed E-state index contributed by atoms with van der Waals surface area (Å²) in [5, 5.41) is 12.7. The Labute approximate surface area is 98.2 Å². The van der Waals surface area contributed by atoms with Crippen molar-refractivity contribution in [2.45, 2.75) is 0 Å². The molecule has 4 nitrogen and oxygen atoms in total. The van der Waals surface area contributed by atoms with E-state index < -0.39 is 11.4 Å². The summed E-state index contributed by atoms with van der Waals surface area (Å²) in [6, 6.07) is 7.25. The first kappa shape index (κ1) is 11.2. The van der Waals surface area contributed by atoms with Crippen LogP contribution in [0.3, 0.4) is 0 Å². The van der Waals surface area contributed by atoms with E-state index in [0.717, 1.165) is 5.69 Å². The molecule has 0 amide bonds.